The Labute approximate surface area is 101 Å². The molecule has 1 atom stereocenters. The van der Waals surface area contributed by atoms with Gasteiger partial charge in [-0.15, -0.1) is 0 Å². The molecule has 17 heavy (non-hydrogen) atoms. The van der Waals surface area contributed by atoms with Gasteiger partial charge in [0.05, 0.1) is 5.69 Å². The second kappa shape index (κ2) is 6.10. The van der Waals surface area contributed by atoms with Gasteiger partial charge in [-0.05, 0) is 12.1 Å². The normalized spacial score (nSPS) is 11.9. The molecule has 1 N–H and O–H groups in total. The Hall–Kier alpha value is -1.75. The third-order valence-corrected chi connectivity index (χ3v) is 2.37. The molecule has 0 saturated carbocycles. The van der Waals surface area contributed by atoms with Crippen LogP contribution in [0.4, 0.5) is 10.5 Å². The molecule has 0 aromatic heterocycles. The topological polar surface area (TPSA) is 59.0 Å². The standard InChI is InChI=1S/C12H17NO4/c1-4-11(16-3)17-10-8-6-5-7-9(10)13(2)12(14)15/h5-8,11H,4H2,1-3H3,(H,14,15). The molecular weight excluding hydrogens is 222 g/mol. The summed E-state index contributed by atoms with van der Waals surface area (Å²) in [6.07, 6.45) is -0.730. The molecule has 1 aromatic carbocycles. The predicted octanol–water partition coefficient (Wildman–Crippen LogP) is 2.56. The minimum Gasteiger partial charge on any atom is -0.465 e. The highest BCUT2D eigenvalue weighted by molar-refractivity contribution is 5.87. The molecule has 0 fully saturated rings. The Morgan fingerprint density at radius 1 is 1.47 bits per heavy atom. The molecule has 1 amide bonds. The Morgan fingerprint density at radius 3 is 2.65 bits per heavy atom. The number of ether oxygens (including phenoxy) is 2. The van der Waals surface area contributed by atoms with E-state index in [1.807, 2.05) is 6.92 Å². The van der Waals surface area contributed by atoms with Crippen molar-refractivity contribution in [3.8, 4) is 5.75 Å². The first kappa shape index (κ1) is 13.3. The van der Waals surface area contributed by atoms with E-state index in [0.29, 0.717) is 17.9 Å². The van der Waals surface area contributed by atoms with Crippen LogP contribution in [-0.4, -0.2) is 31.6 Å². The lowest BCUT2D eigenvalue weighted by Gasteiger charge is -2.21. The first-order valence-corrected chi connectivity index (χ1v) is 5.35. The molecule has 94 valence electrons. The zero-order valence-electron chi connectivity index (χ0n) is 10.2. The van der Waals surface area contributed by atoms with Gasteiger partial charge in [-0.3, -0.25) is 4.90 Å². The zero-order chi connectivity index (χ0) is 12.8. The maximum atomic E-state index is 10.9. The molecular formula is C12H17NO4. The van der Waals surface area contributed by atoms with Crippen LogP contribution in [0.1, 0.15) is 13.3 Å². The fourth-order valence-electron chi connectivity index (χ4n) is 1.38. The molecule has 1 aromatic rings. The summed E-state index contributed by atoms with van der Waals surface area (Å²) in [5.74, 6) is 0.492. The molecule has 1 unspecified atom stereocenters. The number of amides is 1. The summed E-state index contributed by atoms with van der Waals surface area (Å²) in [6.45, 7) is 1.93. The molecule has 0 radical (unpaired) electrons. The quantitative estimate of drug-likeness (QED) is 0.802. The van der Waals surface area contributed by atoms with Crippen LogP contribution in [0.3, 0.4) is 0 Å². The molecule has 0 aliphatic rings. The number of hydrogen-bond donors (Lipinski definition) is 1. The van der Waals surface area contributed by atoms with Gasteiger partial charge >= 0.3 is 6.09 Å². The van der Waals surface area contributed by atoms with Crippen molar-refractivity contribution in [2.45, 2.75) is 19.6 Å². The van der Waals surface area contributed by atoms with Crippen LogP contribution in [-0.2, 0) is 4.74 Å². The number of hydrogen-bond acceptors (Lipinski definition) is 3. The van der Waals surface area contributed by atoms with Crippen molar-refractivity contribution in [3.63, 3.8) is 0 Å². The van der Waals surface area contributed by atoms with Crippen LogP contribution in [0, 0.1) is 0 Å². The van der Waals surface area contributed by atoms with Gasteiger partial charge < -0.3 is 14.6 Å². The van der Waals surface area contributed by atoms with Crippen LogP contribution in [0.2, 0.25) is 0 Å². The molecule has 0 heterocycles. The lowest BCUT2D eigenvalue weighted by atomic mass is 10.2. The monoisotopic (exact) mass is 239 g/mol. The fraction of sp³-hybridized carbons (Fsp3) is 0.417. The van der Waals surface area contributed by atoms with Crippen molar-refractivity contribution in [3.05, 3.63) is 24.3 Å². The number of benzene rings is 1. The maximum absolute atomic E-state index is 10.9. The van der Waals surface area contributed by atoms with Crippen LogP contribution in [0.5, 0.6) is 5.75 Å². The Balaban J connectivity index is 2.95. The number of methoxy groups -OCH3 is 1. The highest BCUT2D eigenvalue weighted by atomic mass is 16.7. The van der Waals surface area contributed by atoms with Crippen molar-refractivity contribution in [1.82, 2.24) is 0 Å². The first-order chi connectivity index (χ1) is 8.10. The second-order valence-electron chi connectivity index (χ2n) is 3.50. The minimum absolute atomic E-state index is 0.377. The van der Waals surface area contributed by atoms with Gasteiger partial charge in [0.15, 0.2) is 6.29 Å². The van der Waals surface area contributed by atoms with E-state index in [2.05, 4.69) is 0 Å². The summed E-state index contributed by atoms with van der Waals surface area (Å²) in [7, 11) is 3.02. The van der Waals surface area contributed by atoms with E-state index in [4.69, 9.17) is 14.6 Å². The van der Waals surface area contributed by atoms with Gasteiger partial charge in [0, 0.05) is 20.6 Å². The number of nitrogens with zero attached hydrogens (tertiary/aromatic N) is 1. The maximum Gasteiger partial charge on any atom is 0.411 e. The largest absolute Gasteiger partial charge is 0.465 e. The highest BCUT2D eigenvalue weighted by Crippen LogP contribution is 2.28. The number of carboxylic acid groups (broad SMARTS) is 1. The number of para-hydroxylation sites is 2. The van der Waals surface area contributed by atoms with E-state index >= 15 is 0 Å². The minimum atomic E-state index is -1.04. The third-order valence-electron chi connectivity index (χ3n) is 2.37. The number of rotatable bonds is 5. The summed E-state index contributed by atoms with van der Waals surface area (Å²) in [6, 6.07) is 6.95. The molecule has 0 aliphatic heterocycles. The number of anilines is 1. The summed E-state index contributed by atoms with van der Waals surface area (Å²) in [4.78, 5) is 12.0. The average Bonchev–Trinajstić information content (AvgIpc) is 2.35. The van der Waals surface area contributed by atoms with Gasteiger partial charge in [-0.1, -0.05) is 19.1 Å². The summed E-state index contributed by atoms with van der Waals surface area (Å²) in [5.41, 5.74) is 0.496. The molecule has 0 bridgehead atoms. The van der Waals surface area contributed by atoms with Crippen molar-refractivity contribution in [2.24, 2.45) is 0 Å². The summed E-state index contributed by atoms with van der Waals surface area (Å²) < 4.78 is 10.7. The summed E-state index contributed by atoms with van der Waals surface area (Å²) in [5, 5.41) is 8.95. The van der Waals surface area contributed by atoms with Crippen molar-refractivity contribution >= 4 is 11.8 Å². The Morgan fingerprint density at radius 2 is 2.12 bits per heavy atom. The van der Waals surface area contributed by atoms with E-state index in [1.54, 1.807) is 31.4 Å². The van der Waals surface area contributed by atoms with Crippen molar-refractivity contribution in [1.29, 1.82) is 0 Å². The molecule has 0 spiro atoms. The average molecular weight is 239 g/mol. The van der Waals surface area contributed by atoms with E-state index in [1.165, 1.54) is 7.05 Å². The van der Waals surface area contributed by atoms with Crippen molar-refractivity contribution < 1.29 is 19.4 Å². The third kappa shape index (κ3) is 3.35. The molecule has 0 saturated heterocycles. The van der Waals surface area contributed by atoms with Gasteiger partial charge in [0.1, 0.15) is 5.75 Å². The lowest BCUT2D eigenvalue weighted by Crippen LogP contribution is -2.25. The SMILES string of the molecule is CCC(OC)Oc1ccccc1N(C)C(=O)O. The van der Waals surface area contributed by atoms with Gasteiger partial charge in [-0.2, -0.15) is 0 Å². The van der Waals surface area contributed by atoms with Gasteiger partial charge in [0.2, 0.25) is 0 Å². The Kier molecular flexibility index (Phi) is 4.78. The van der Waals surface area contributed by atoms with E-state index in [9.17, 15) is 4.79 Å². The van der Waals surface area contributed by atoms with Crippen LogP contribution in [0.25, 0.3) is 0 Å². The van der Waals surface area contributed by atoms with Crippen LogP contribution >= 0.6 is 0 Å². The second-order valence-corrected chi connectivity index (χ2v) is 3.50. The zero-order valence-corrected chi connectivity index (χ0v) is 10.2. The van der Waals surface area contributed by atoms with Crippen molar-refractivity contribution in [2.75, 3.05) is 19.1 Å². The number of carbonyl (C=O) groups is 1. The van der Waals surface area contributed by atoms with E-state index in [-0.39, 0.29) is 6.29 Å². The highest BCUT2D eigenvalue weighted by Gasteiger charge is 2.16. The molecule has 5 heteroatoms. The first-order valence-electron chi connectivity index (χ1n) is 5.35. The van der Waals surface area contributed by atoms with Gasteiger partial charge in [0.25, 0.3) is 0 Å². The summed E-state index contributed by atoms with van der Waals surface area (Å²) >= 11 is 0. The van der Waals surface area contributed by atoms with E-state index in [0.717, 1.165) is 4.90 Å². The van der Waals surface area contributed by atoms with Crippen LogP contribution in [0.15, 0.2) is 24.3 Å². The molecule has 0 aliphatic carbocycles. The van der Waals surface area contributed by atoms with Gasteiger partial charge in [-0.25, -0.2) is 4.79 Å². The van der Waals surface area contributed by atoms with E-state index < -0.39 is 6.09 Å². The predicted molar refractivity (Wildman–Crippen MR) is 64.6 cm³/mol. The smallest absolute Gasteiger partial charge is 0.411 e. The molecule has 5 nitrogen and oxygen atoms in total. The Bertz CT molecular complexity index is 377. The van der Waals surface area contributed by atoms with Crippen LogP contribution < -0.4 is 9.64 Å². The fourth-order valence-corrected chi connectivity index (χ4v) is 1.38. The molecule has 1 rings (SSSR count). The lowest BCUT2D eigenvalue weighted by molar-refractivity contribution is -0.0545.